The van der Waals surface area contributed by atoms with Crippen LogP contribution in [-0.4, -0.2) is 50.8 Å². The van der Waals surface area contributed by atoms with Crippen LogP contribution in [0.25, 0.3) is 0 Å². The van der Waals surface area contributed by atoms with Crippen LogP contribution in [0.15, 0.2) is 24.3 Å². The third-order valence-corrected chi connectivity index (χ3v) is 3.04. The predicted octanol–water partition coefficient (Wildman–Crippen LogP) is 0.128. The molecule has 22 heavy (non-hydrogen) atoms. The smallest absolute Gasteiger partial charge is 0.250 e. The van der Waals surface area contributed by atoms with Gasteiger partial charge in [0.05, 0.1) is 13.2 Å². The highest BCUT2D eigenvalue weighted by Crippen LogP contribution is 2.16. The highest BCUT2D eigenvalue weighted by Gasteiger charge is 2.20. The Morgan fingerprint density at radius 1 is 1.45 bits per heavy atom. The quantitative estimate of drug-likeness (QED) is 0.650. The number of hydrogen-bond donors (Lipinski definition) is 3. The van der Waals surface area contributed by atoms with E-state index in [0.29, 0.717) is 37.7 Å². The van der Waals surface area contributed by atoms with Crippen molar-refractivity contribution in [2.75, 3.05) is 38.2 Å². The molecule has 7 heteroatoms. The van der Waals surface area contributed by atoms with Crippen molar-refractivity contribution in [2.45, 2.75) is 13.0 Å². The summed E-state index contributed by atoms with van der Waals surface area (Å²) in [7, 11) is 0. The average molecular weight is 307 g/mol. The minimum Gasteiger partial charge on any atom is -0.492 e. The number of hydrogen-bond acceptors (Lipinski definition) is 5. The largest absolute Gasteiger partial charge is 0.492 e. The van der Waals surface area contributed by atoms with Crippen LogP contribution in [0.5, 0.6) is 5.75 Å². The van der Waals surface area contributed by atoms with Gasteiger partial charge in [0.25, 0.3) is 5.91 Å². The molecule has 2 amide bonds. The summed E-state index contributed by atoms with van der Waals surface area (Å²) in [5, 5.41) is 8.56. The van der Waals surface area contributed by atoms with Crippen molar-refractivity contribution in [3.8, 4) is 5.75 Å². The lowest BCUT2D eigenvalue weighted by atomic mass is 10.3. The van der Waals surface area contributed by atoms with Crippen LogP contribution < -0.4 is 20.7 Å². The zero-order chi connectivity index (χ0) is 15.8. The van der Waals surface area contributed by atoms with Gasteiger partial charge < -0.3 is 25.4 Å². The molecule has 1 atom stereocenters. The van der Waals surface area contributed by atoms with E-state index in [1.54, 1.807) is 24.3 Å². The maximum Gasteiger partial charge on any atom is 0.250 e. The van der Waals surface area contributed by atoms with Crippen molar-refractivity contribution in [3.63, 3.8) is 0 Å². The molecule has 7 nitrogen and oxygen atoms in total. The van der Waals surface area contributed by atoms with E-state index in [4.69, 9.17) is 9.47 Å². The topological polar surface area (TPSA) is 88.7 Å². The van der Waals surface area contributed by atoms with Crippen LogP contribution in [0.3, 0.4) is 0 Å². The van der Waals surface area contributed by atoms with Crippen molar-refractivity contribution >= 4 is 17.5 Å². The predicted molar refractivity (Wildman–Crippen MR) is 81.9 cm³/mol. The Bertz CT molecular complexity index is 515. The molecule has 1 fully saturated rings. The molecule has 0 aliphatic carbocycles. The monoisotopic (exact) mass is 307 g/mol. The molecule has 0 spiro atoms. The molecule has 0 aromatic heterocycles. The summed E-state index contributed by atoms with van der Waals surface area (Å²) >= 11 is 0. The zero-order valence-electron chi connectivity index (χ0n) is 12.6. The van der Waals surface area contributed by atoms with E-state index in [9.17, 15) is 9.59 Å². The summed E-state index contributed by atoms with van der Waals surface area (Å²) in [4.78, 5) is 22.8. The van der Waals surface area contributed by atoms with Crippen molar-refractivity contribution in [1.29, 1.82) is 0 Å². The Balaban J connectivity index is 1.69. The molecule has 1 aliphatic rings. The van der Waals surface area contributed by atoms with Crippen molar-refractivity contribution < 1.29 is 19.1 Å². The fraction of sp³-hybridized carbons (Fsp3) is 0.467. The number of carbonyl (C=O) groups excluding carboxylic acids is 2. The van der Waals surface area contributed by atoms with Gasteiger partial charge in [-0.1, -0.05) is 6.07 Å². The van der Waals surface area contributed by atoms with Crippen molar-refractivity contribution in [3.05, 3.63) is 24.3 Å². The average Bonchev–Trinajstić information content (AvgIpc) is 2.52. The highest BCUT2D eigenvalue weighted by atomic mass is 16.5. The lowest BCUT2D eigenvalue weighted by Crippen LogP contribution is -2.48. The van der Waals surface area contributed by atoms with Gasteiger partial charge in [0.2, 0.25) is 5.91 Å². The summed E-state index contributed by atoms with van der Waals surface area (Å²) in [5.41, 5.74) is 0.677. The summed E-state index contributed by atoms with van der Waals surface area (Å²) < 4.78 is 10.9. The fourth-order valence-corrected chi connectivity index (χ4v) is 2.06. The first-order valence-electron chi connectivity index (χ1n) is 7.25. The number of rotatable bonds is 6. The van der Waals surface area contributed by atoms with Gasteiger partial charge in [-0.25, -0.2) is 0 Å². The van der Waals surface area contributed by atoms with Crippen LogP contribution in [0.2, 0.25) is 0 Å². The minimum atomic E-state index is -0.433. The van der Waals surface area contributed by atoms with E-state index in [1.165, 1.54) is 6.92 Å². The summed E-state index contributed by atoms with van der Waals surface area (Å²) in [5.74, 6) is 0.365. The van der Waals surface area contributed by atoms with E-state index in [-0.39, 0.29) is 11.8 Å². The fourth-order valence-electron chi connectivity index (χ4n) is 2.06. The van der Waals surface area contributed by atoms with Crippen LogP contribution in [0.4, 0.5) is 5.69 Å². The first kappa shape index (κ1) is 16.3. The number of carbonyl (C=O) groups is 2. The lowest BCUT2D eigenvalue weighted by molar-refractivity contribution is -0.134. The van der Waals surface area contributed by atoms with E-state index >= 15 is 0 Å². The Morgan fingerprint density at radius 3 is 3.05 bits per heavy atom. The third-order valence-electron chi connectivity index (χ3n) is 3.04. The molecule has 3 N–H and O–H groups in total. The second kappa shape index (κ2) is 8.35. The van der Waals surface area contributed by atoms with Gasteiger partial charge in [0.1, 0.15) is 18.5 Å². The summed E-state index contributed by atoms with van der Waals surface area (Å²) in [6.07, 6.45) is -0.433. The van der Waals surface area contributed by atoms with E-state index < -0.39 is 6.10 Å². The Hall–Kier alpha value is -2.12. The summed E-state index contributed by atoms with van der Waals surface area (Å²) in [6, 6.07) is 7.10. The molecular weight excluding hydrogens is 286 g/mol. The lowest BCUT2D eigenvalue weighted by Gasteiger charge is -2.22. The molecule has 120 valence electrons. The van der Waals surface area contributed by atoms with Gasteiger partial charge in [-0.05, 0) is 12.1 Å². The van der Waals surface area contributed by atoms with Crippen LogP contribution >= 0.6 is 0 Å². The number of benzene rings is 1. The molecule has 2 rings (SSSR count). The van der Waals surface area contributed by atoms with Gasteiger partial charge in [-0.3, -0.25) is 9.59 Å². The van der Waals surface area contributed by atoms with Crippen LogP contribution in [-0.2, 0) is 14.3 Å². The number of nitrogens with one attached hydrogen (secondary N) is 3. The van der Waals surface area contributed by atoms with Crippen LogP contribution in [0, 0.1) is 0 Å². The number of morpholine rings is 1. The molecule has 0 radical (unpaired) electrons. The normalized spacial score (nSPS) is 17.6. The molecule has 1 aliphatic heterocycles. The van der Waals surface area contributed by atoms with Gasteiger partial charge in [-0.15, -0.1) is 0 Å². The number of ether oxygens (including phenoxy) is 2. The second-order valence-electron chi connectivity index (χ2n) is 4.91. The van der Waals surface area contributed by atoms with Crippen LogP contribution in [0.1, 0.15) is 6.92 Å². The maximum absolute atomic E-state index is 11.8. The van der Waals surface area contributed by atoms with Crippen molar-refractivity contribution in [1.82, 2.24) is 10.6 Å². The van der Waals surface area contributed by atoms with E-state index in [1.807, 2.05) is 0 Å². The molecule has 0 saturated carbocycles. The molecule has 1 aromatic carbocycles. The maximum atomic E-state index is 11.8. The zero-order valence-corrected chi connectivity index (χ0v) is 12.6. The van der Waals surface area contributed by atoms with Gasteiger partial charge in [0, 0.05) is 31.8 Å². The molecule has 1 unspecified atom stereocenters. The third kappa shape index (κ3) is 5.34. The number of anilines is 1. The Morgan fingerprint density at radius 2 is 2.32 bits per heavy atom. The SMILES string of the molecule is CC(=O)Nc1cccc(OCCNC(=O)C2CNCCO2)c1. The van der Waals surface area contributed by atoms with Gasteiger partial charge in [-0.2, -0.15) is 0 Å². The second-order valence-corrected chi connectivity index (χ2v) is 4.91. The molecule has 1 heterocycles. The summed E-state index contributed by atoms with van der Waals surface area (Å²) in [6.45, 7) is 4.04. The minimum absolute atomic E-state index is 0.134. The first-order valence-corrected chi connectivity index (χ1v) is 7.25. The molecule has 0 bridgehead atoms. The van der Waals surface area contributed by atoms with Gasteiger partial charge in [0.15, 0.2) is 0 Å². The standard InChI is InChI=1S/C15H21N3O4/c1-11(19)18-12-3-2-4-13(9-12)21-8-6-17-15(20)14-10-16-5-7-22-14/h2-4,9,14,16H,5-8,10H2,1H3,(H,17,20)(H,18,19). The molecule has 1 saturated heterocycles. The Labute approximate surface area is 129 Å². The van der Waals surface area contributed by atoms with Crippen molar-refractivity contribution in [2.24, 2.45) is 0 Å². The molecular formula is C15H21N3O4. The number of amides is 2. The Kier molecular flexibility index (Phi) is 6.17. The molecule has 1 aromatic rings. The van der Waals surface area contributed by atoms with Gasteiger partial charge >= 0.3 is 0 Å². The van der Waals surface area contributed by atoms with E-state index in [2.05, 4.69) is 16.0 Å². The first-order chi connectivity index (χ1) is 10.6. The van der Waals surface area contributed by atoms with E-state index in [0.717, 1.165) is 6.54 Å². The highest BCUT2D eigenvalue weighted by molar-refractivity contribution is 5.88.